The first kappa shape index (κ1) is 19.3. The molecule has 0 saturated carbocycles. The Morgan fingerprint density at radius 2 is 1.74 bits per heavy atom. The van der Waals surface area contributed by atoms with E-state index in [0.29, 0.717) is 13.0 Å². The molecule has 0 radical (unpaired) electrons. The van der Waals surface area contributed by atoms with Crippen molar-refractivity contribution in [1.29, 1.82) is 0 Å². The topological polar surface area (TPSA) is 36.4 Å². The van der Waals surface area contributed by atoms with Crippen LogP contribution in [-0.4, -0.2) is 11.7 Å². The molecule has 1 aliphatic rings. The molecule has 3 rings (SSSR count). The van der Waals surface area contributed by atoms with Gasteiger partial charge in [0, 0.05) is 29.1 Å². The van der Waals surface area contributed by atoms with Crippen LogP contribution in [-0.2, 0) is 6.18 Å². The molecule has 142 valence electrons. The van der Waals surface area contributed by atoms with E-state index in [0.717, 1.165) is 23.0 Å². The Morgan fingerprint density at radius 1 is 1.07 bits per heavy atom. The lowest BCUT2D eigenvalue weighted by Gasteiger charge is -2.27. The maximum Gasteiger partial charge on any atom is 0.416 e. The molecule has 1 unspecified atom stereocenters. The smallest absolute Gasteiger partial charge is 0.385 e. The van der Waals surface area contributed by atoms with E-state index in [-0.39, 0.29) is 10.7 Å². The van der Waals surface area contributed by atoms with Crippen LogP contribution in [0.3, 0.4) is 0 Å². The van der Waals surface area contributed by atoms with E-state index >= 15 is 0 Å². The molecule has 0 amide bonds. The summed E-state index contributed by atoms with van der Waals surface area (Å²) in [7, 11) is 0. The van der Waals surface area contributed by atoms with Crippen molar-refractivity contribution in [2.75, 3.05) is 11.9 Å². The van der Waals surface area contributed by atoms with Crippen molar-refractivity contribution in [2.45, 2.75) is 25.7 Å². The number of alkyl halides is 3. The maximum atomic E-state index is 13.3. The Labute approximate surface area is 161 Å². The zero-order valence-corrected chi connectivity index (χ0v) is 15.4. The monoisotopic (exact) mass is 393 g/mol. The van der Waals surface area contributed by atoms with Crippen molar-refractivity contribution in [3.8, 4) is 0 Å². The Bertz CT molecular complexity index is 860. The molecular weight excluding hydrogens is 375 g/mol. The molecule has 2 aromatic rings. The summed E-state index contributed by atoms with van der Waals surface area (Å²) >= 11 is 6.31. The van der Waals surface area contributed by atoms with Crippen LogP contribution in [0.15, 0.2) is 70.9 Å². The Hall–Kier alpha value is -2.47. The minimum absolute atomic E-state index is 0.0592. The Kier molecular flexibility index (Phi) is 5.75. The van der Waals surface area contributed by atoms with Crippen molar-refractivity contribution in [2.24, 2.45) is 4.99 Å². The number of aliphatic imine (C=N–C) groups is 1. The van der Waals surface area contributed by atoms with Crippen LogP contribution in [0.5, 0.6) is 0 Å². The predicted molar refractivity (Wildman–Crippen MR) is 103 cm³/mol. The molecule has 2 N–H and O–H groups in total. The van der Waals surface area contributed by atoms with Gasteiger partial charge >= 0.3 is 6.18 Å². The summed E-state index contributed by atoms with van der Waals surface area (Å²) in [5.74, 6) is 0. The van der Waals surface area contributed by atoms with Gasteiger partial charge in [-0.25, -0.2) is 4.99 Å². The van der Waals surface area contributed by atoms with Gasteiger partial charge in [0.2, 0.25) is 0 Å². The van der Waals surface area contributed by atoms with E-state index < -0.39 is 17.9 Å². The molecule has 1 aliphatic heterocycles. The Balaban J connectivity index is 1.73. The predicted octanol–water partition coefficient (Wildman–Crippen LogP) is 5.72. The number of para-hydroxylation sites is 1. The highest BCUT2D eigenvalue weighted by Gasteiger charge is 2.35. The van der Waals surface area contributed by atoms with E-state index in [2.05, 4.69) is 15.6 Å². The molecule has 27 heavy (non-hydrogen) atoms. The molecule has 0 aromatic heterocycles. The summed E-state index contributed by atoms with van der Waals surface area (Å²) in [6.45, 7) is 2.44. The second-order valence-corrected chi connectivity index (χ2v) is 6.56. The van der Waals surface area contributed by atoms with E-state index in [1.807, 2.05) is 30.3 Å². The van der Waals surface area contributed by atoms with Crippen LogP contribution < -0.4 is 10.6 Å². The quantitative estimate of drug-likeness (QED) is 0.681. The van der Waals surface area contributed by atoms with Crippen molar-refractivity contribution >= 4 is 22.5 Å². The van der Waals surface area contributed by atoms with E-state index in [9.17, 15) is 13.2 Å². The number of halogens is 4. The van der Waals surface area contributed by atoms with Gasteiger partial charge in [-0.05, 0) is 31.5 Å². The third-order valence-electron chi connectivity index (χ3n) is 4.34. The van der Waals surface area contributed by atoms with Gasteiger partial charge in [0.25, 0.3) is 0 Å². The highest BCUT2D eigenvalue weighted by atomic mass is 35.5. The van der Waals surface area contributed by atoms with E-state index in [4.69, 9.17) is 11.6 Å². The van der Waals surface area contributed by atoms with Gasteiger partial charge in [0.1, 0.15) is 11.3 Å². The number of hydrogen-bond acceptors (Lipinski definition) is 3. The molecule has 3 nitrogen and oxygen atoms in total. The van der Waals surface area contributed by atoms with Crippen molar-refractivity contribution in [3.63, 3.8) is 0 Å². The number of anilines is 1. The molecule has 0 saturated heterocycles. The minimum atomic E-state index is -4.45. The second kappa shape index (κ2) is 8.05. The fourth-order valence-electron chi connectivity index (χ4n) is 2.99. The SMILES string of the molecule is CC1=C(CCNc2ccccc2)C(Cl)=NC(c2ccccc2C(F)(F)F)N1. The largest absolute Gasteiger partial charge is 0.416 e. The molecule has 7 heteroatoms. The van der Waals surface area contributed by atoms with Gasteiger partial charge in [0.05, 0.1) is 5.56 Å². The molecule has 0 bridgehead atoms. The van der Waals surface area contributed by atoms with Crippen LogP contribution in [0, 0.1) is 0 Å². The van der Waals surface area contributed by atoms with Gasteiger partial charge in [-0.1, -0.05) is 48.0 Å². The summed E-state index contributed by atoms with van der Waals surface area (Å²) in [5, 5.41) is 6.57. The molecule has 2 aromatic carbocycles. The highest BCUT2D eigenvalue weighted by molar-refractivity contribution is 6.69. The lowest BCUT2D eigenvalue weighted by atomic mass is 10.0. The standard InChI is InChI=1S/C20H19ClF3N3/c1-13-15(11-12-25-14-7-3-2-4-8-14)18(21)27-19(26-13)16-9-5-6-10-17(16)20(22,23)24/h2-10,19,25-26H,11-12H2,1H3. The average molecular weight is 394 g/mol. The zero-order valence-electron chi connectivity index (χ0n) is 14.6. The van der Waals surface area contributed by atoms with Gasteiger partial charge in [0.15, 0.2) is 0 Å². The van der Waals surface area contributed by atoms with Crippen LogP contribution in [0.4, 0.5) is 18.9 Å². The third kappa shape index (κ3) is 4.63. The lowest BCUT2D eigenvalue weighted by molar-refractivity contribution is -0.138. The molecule has 0 fully saturated rings. The summed E-state index contributed by atoms with van der Waals surface area (Å²) in [6.07, 6.45) is -4.71. The summed E-state index contributed by atoms with van der Waals surface area (Å²) in [6, 6.07) is 15.1. The summed E-state index contributed by atoms with van der Waals surface area (Å²) in [5.41, 5.74) is 1.86. The van der Waals surface area contributed by atoms with E-state index in [1.165, 1.54) is 12.1 Å². The third-order valence-corrected chi connectivity index (χ3v) is 4.66. The number of allylic oxidation sites excluding steroid dienone is 1. The molecule has 1 heterocycles. The molecule has 1 atom stereocenters. The number of nitrogens with zero attached hydrogens (tertiary/aromatic N) is 1. The average Bonchev–Trinajstić information content (AvgIpc) is 2.64. The minimum Gasteiger partial charge on any atom is -0.385 e. The fraction of sp³-hybridized carbons (Fsp3) is 0.250. The lowest BCUT2D eigenvalue weighted by Crippen LogP contribution is -2.28. The summed E-state index contributed by atoms with van der Waals surface area (Å²) in [4.78, 5) is 4.27. The summed E-state index contributed by atoms with van der Waals surface area (Å²) < 4.78 is 39.8. The van der Waals surface area contributed by atoms with Crippen LogP contribution in [0.25, 0.3) is 0 Å². The van der Waals surface area contributed by atoms with Gasteiger partial charge < -0.3 is 10.6 Å². The van der Waals surface area contributed by atoms with Crippen molar-refractivity contribution < 1.29 is 13.2 Å². The number of rotatable bonds is 5. The molecule has 0 spiro atoms. The number of nitrogens with one attached hydrogen (secondary N) is 2. The van der Waals surface area contributed by atoms with Gasteiger partial charge in [-0.3, -0.25) is 0 Å². The van der Waals surface area contributed by atoms with Crippen LogP contribution in [0.2, 0.25) is 0 Å². The first-order valence-electron chi connectivity index (χ1n) is 8.51. The fourth-order valence-corrected chi connectivity index (χ4v) is 3.32. The van der Waals surface area contributed by atoms with Gasteiger partial charge in [-0.15, -0.1) is 0 Å². The maximum absolute atomic E-state index is 13.3. The molecule has 0 aliphatic carbocycles. The van der Waals surface area contributed by atoms with Gasteiger partial charge in [-0.2, -0.15) is 13.2 Å². The van der Waals surface area contributed by atoms with Crippen LogP contribution in [0.1, 0.15) is 30.6 Å². The second-order valence-electron chi connectivity index (χ2n) is 6.20. The molecular formula is C20H19ClF3N3. The van der Waals surface area contributed by atoms with Crippen molar-refractivity contribution in [3.05, 3.63) is 77.0 Å². The number of hydrogen-bond donors (Lipinski definition) is 2. The number of benzene rings is 2. The van der Waals surface area contributed by atoms with Crippen LogP contribution >= 0.6 is 11.6 Å². The normalized spacial score (nSPS) is 17.4. The first-order chi connectivity index (χ1) is 12.9. The Morgan fingerprint density at radius 3 is 2.41 bits per heavy atom. The van der Waals surface area contributed by atoms with E-state index in [1.54, 1.807) is 13.0 Å². The zero-order chi connectivity index (χ0) is 19.4. The highest BCUT2D eigenvalue weighted by Crippen LogP contribution is 2.36. The van der Waals surface area contributed by atoms with Crippen molar-refractivity contribution in [1.82, 2.24) is 5.32 Å². The first-order valence-corrected chi connectivity index (χ1v) is 8.89.